The molecule has 2 aromatic carbocycles. The summed E-state index contributed by atoms with van der Waals surface area (Å²) in [5.41, 5.74) is 8.06. The molecule has 0 aliphatic carbocycles. The summed E-state index contributed by atoms with van der Waals surface area (Å²) in [6.45, 7) is 1.41. The van der Waals surface area contributed by atoms with E-state index in [0.717, 1.165) is 5.56 Å². The van der Waals surface area contributed by atoms with Gasteiger partial charge in [0.2, 0.25) is 0 Å². The molecule has 5 nitrogen and oxygen atoms in total. The fourth-order valence-electron chi connectivity index (χ4n) is 1.99. The number of aliphatic carboxylic acids is 1. The normalized spacial score (nSPS) is 10.1. The number of anilines is 2. The van der Waals surface area contributed by atoms with Crippen LogP contribution in [-0.4, -0.2) is 23.5 Å². The molecule has 0 aliphatic rings. The number of amides is 1. The minimum absolute atomic E-state index is 0.369. The lowest BCUT2D eigenvalue weighted by Gasteiger charge is -2.21. The van der Waals surface area contributed by atoms with E-state index in [1.165, 1.54) is 4.90 Å². The summed E-state index contributed by atoms with van der Waals surface area (Å²) in [5, 5.41) is 9.03. The molecule has 3 N–H and O–H groups in total. The Kier molecular flexibility index (Phi) is 4.23. The van der Waals surface area contributed by atoms with Gasteiger partial charge in [0.15, 0.2) is 0 Å². The average Bonchev–Trinajstić information content (AvgIpc) is 2.47. The van der Waals surface area contributed by atoms with Crippen LogP contribution >= 0.6 is 0 Å². The van der Waals surface area contributed by atoms with Crippen molar-refractivity contribution in [3.8, 4) is 0 Å². The van der Waals surface area contributed by atoms with E-state index < -0.39 is 12.5 Å². The van der Waals surface area contributed by atoms with Gasteiger partial charge in [-0.3, -0.25) is 14.5 Å². The average molecular weight is 284 g/mol. The Labute approximate surface area is 122 Å². The topological polar surface area (TPSA) is 83.6 Å². The maximum absolute atomic E-state index is 12.6. The van der Waals surface area contributed by atoms with E-state index in [-0.39, 0.29) is 5.91 Å². The van der Waals surface area contributed by atoms with Gasteiger partial charge in [-0.1, -0.05) is 18.2 Å². The molecule has 0 saturated heterocycles. The standard InChI is InChI=1S/C16H16N2O3/c1-11-9-12(7-8-14(11)17)16(21)18(10-15(19)20)13-5-3-2-4-6-13/h2-9H,10,17H2,1H3,(H,19,20). The smallest absolute Gasteiger partial charge is 0.323 e. The summed E-state index contributed by atoms with van der Waals surface area (Å²) >= 11 is 0. The highest BCUT2D eigenvalue weighted by atomic mass is 16.4. The number of rotatable bonds is 4. The van der Waals surface area contributed by atoms with Gasteiger partial charge in [0.1, 0.15) is 6.54 Å². The second kappa shape index (κ2) is 6.09. The predicted molar refractivity (Wildman–Crippen MR) is 81.3 cm³/mol. The van der Waals surface area contributed by atoms with Gasteiger partial charge in [-0.15, -0.1) is 0 Å². The number of aryl methyl sites for hydroxylation is 1. The van der Waals surface area contributed by atoms with Crippen molar-refractivity contribution < 1.29 is 14.7 Å². The van der Waals surface area contributed by atoms with Gasteiger partial charge in [0.25, 0.3) is 5.91 Å². The number of hydrogen-bond donors (Lipinski definition) is 2. The predicted octanol–water partition coefficient (Wildman–Crippen LogP) is 2.31. The SMILES string of the molecule is Cc1cc(C(=O)N(CC(=O)O)c2ccccc2)ccc1N. The molecule has 21 heavy (non-hydrogen) atoms. The molecule has 2 aromatic rings. The Hall–Kier alpha value is -2.82. The van der Waals surface area contributed by atoms with Gasteiger partial charge >= 0.3 is 5.97 Å². The number of carboxylic acid groups (broad SMARTS) is 1. The molecule has 5 heteroatoms. The zero-order chi connectivity index (χ0) is 15.4. The molecule has 0 aliphatic heterocycles. The van der Waals surface area contributed by atoms with Crippen LogP contribution in [-0.2, 0) is 4.79 Å². The zero-order valence-corrected chi connectivity index (χ0v) is 11.6. The van der Waals surface area contributed by atoms with Crippen LogP contribution in [0.15, 0.2) is 48.5 Å². The minimum atomic E-state index is -1.07. The van der Waals surface area contributed by atoms with Crippen molar-refractivity contribution in [2.24, 2.45) is 0 Å². The number of carbonyl (C=O) groups excluding carboxylic acids is 1. The number of carbonyl (C=O) groups is 2. The summed E-state index contributed by atoms with van der Waals surface area (Å²) < 4.78 is 0. The molecule has 1 amide bonds. The number of carboxylic acids is 1. The molecule has 0 unspecified atom stereocenters. The number of hydrogen-bond acceptors (Lipinski definition) is 3. The van der Waals surface area contributed by atoms with Crippen molar-refractivity contribution in [3.63, 3.8) is 0 Å². The quantitative estimate of drug-likeness (QED) is 0.844. The fraction of sp³-hybridized carbons (Fsp3) is 0.125. The van der Waals surface area contributed by atoms with Crippen LogP contribution in [0.2, 0.25) is 0 Å². The fourth-order valence-corrected chi connectivity index (χ4v) is 1.99. The van der Waals surface area contributed by atoms with E-state index in [9.17, 15) is 9.59 Å². The molecule has 2 rings (SSSR count). The third-order valence-electron chi connectivity index (χ3n) is 3.12. The van der Waals surface area contributed by atoms with Gasteiger partial charge in [0.05, 0.1) is 0 Å². The van der Waals surface area contributed by atoms with E-state index >= 15 is 0 Å². The molecule has 0 saturated carbocycles. The van der Waals surface area contributed by atoms with Crippen molar-refractivity contribution in [2.45, 2.75) is 6.92 Å². The number of nitrogen functional groups attached to an aromatic ring is 1. The Balaban J connectivity index is 2.38. The third kappa shape index (κ3) is 3.39. The highest BCUT2D eigenvalue weighted by Crippen LogP contribution is 2.19. The molecule has 0 heterocycles. The van der Waals surface area contributed by atoms with E-state index in [0.29, 0.717) is 16.9 Å². The van der Waals surface area contributed by atoms with Gasteiger partial charge in [-0.05, 0) is 42.8 Å². The van der Waals surface area contributed by atoms with Gasteiger partial charge in [-0.25, -0.2) is 0 Å². The highest BCUT2D eigenvalue weighted by Gasteiger charge is 2.20. The van der Waals surface area contributed by atoms with Crippen LogP contribution in [0.5, 0.6) is 0 Å². The second-order valence-corrected chi connectivity index (χ2v) is 4.69. The Morgan fingerprint density at radius 1 is 1.14 bits per heavy atom. The van der Waals surface area contributed by atoms with Crippen LogP contribution in [0, 0.1) is 6.92 Å². The monoisotopic (exact) mass is 284 g/mol. The highest BCUT2D eigenvalue weighted by molar-refractivity contribution is 6.08. The van der Waals surface area contributed by atoms with Crippen LogP contribution in [0.4, 0.5) is 11.4 Å². The van der Waals surface area contributed by atoms with Crippen LogP contribution < -0.4 is 10.6 Å². The third-order valence-corrected chi connectivity index (χ3v) is 3.12. The summed E-state index contributed by atoms with van der Waals surface area (Å²) in [7, 11) is 0. The lowest BCUT2D eigenvalue weighted by molar-refractivity contribution is -0.135. The summed E-state index contributed by atoms with van der Waals surface area (Å²) in [5.74, 6) is -1.44. The van der Waals surface area contributed by atoms with E-state index in [4.69, 9.17) is 10.8 Å². The summed E-state index contributed by atoms with van der Waals surface area (Å²) in [4.78, 5) is 24.8. The molecule has 0 spiro atoms. The maximum Gasteiger partial charge on any atom is 0.323 e. The first-order valence-electron chi connectivity index (χ1n) is 6.44. The molecule has 108 valence electrons. The Morgan fingerprint density at radius 2 is 1.81 bits per heavy atom. The van der Waals surface area contributed by atoms with Crippen molar-refractivity contribution in [3.05, 3.63) is 59.7 Å². The van der Waals surface area contributed by atoms with Crippen LogP contribution in [0.25, 0.3) is 0 Å². The second-order valence-electron chi connectivity index (χ2n) is 4.69. The van der Waals surface area contributed by atoms with Crippen LogP contribution in [0.3, 0.4) is 0 Å². The largest absolute Gasteiger partial charge is 0.480 e. The van der Waals surface area contributed by atoms with Crippen molar-refractivity contribution >= 4 is 23.3 Å². The number of benzene rings is 2. The van der Waals surface area contributed by atoms with E-state index in [1.54, 1.807) is 55.5 Å². The Bertz CT molecular complexity index is 668. The Morgan fingerprint density at radius 3 is 2.38 bits per heavy atom. The molecule has 0 bridgehead atoms. The number of para-hydroxylation sites is 1. The number of nitrogens with zero attached hydrogens (tertiary/aromatic N) is 1. The summed E-state index contributed by atoms with van der Waals surface area (Å²) in [6, 6.07) is 13.6. The van der Waals surface area contributed by atoms with Crippen molar-refractivity contribution in [1.82, 2.24) is 0 Å². The number of nitrogens with two attached hydrogens (primary N) is 1. The first-order valence-corrected chi connectivity index (χ1v) is 6.44. The van der Waals surface area contributed by atoms with Crippen molar-refractivity contribution in [1.29, 1.82) is 0 Å². The van der Waals surface area contributed by atoms with Crippen LogP contribution in [0.1, 0.15) is 15.9 Å². The molecule has 0 fully saturated rings. The molecule has 0 radical (unpaired) electrons. The molecule has 0 atom stereocenters. The molecular weight excluding hydrogens is 268 g/mol. The van der Waals surface area contributed by atoms with Gasteiger partial charge < -0.3 is 10.8 Å². The molecule has 0 aromatic heterocycles. The lowest BCUT2D eigenvalue weighted by Crippen LogP contribution is -2.35. The summed E-state index contributed by atoms with van der Waals surface area (Å²) in [6.07, 6.45) is 0. The van der Waals surface area contributed by atoms with E-state index in [2.05, 4.69) is 0 Å². The van der Waals surface area contributed by atoms with Crippen molar-refractivity contribution in [2.75, 3.05) is 17.2 Å². The van der Waals surface area contributed by atoms with Gasteiger partial charge in [0, 0.05) is 16.9 Å². The van der Waals surface area contributed by atoms with E-state index in [1.807, 2.05) is 0 Å². The van der Waals surface area contributed by atoms with Gasteiger partial charge in [-0.2, -0.15) is 0 Å². The maximum atomic E-state index is 12.6. The zero-order valence-electron chi connectivity index (χ0n) is 11.6. The lowest BCUT2D eigenvalue weighted by atomic mass is 10.1. The first-order chi connectivity index (χ1) is 9.99. The molecular formula is C16H16N2O3. The first kappa shape index (κ1) is 14.6. The minimum Gasteiger partial charge on any atom is -0.480 e.